The third kappa shape index (κ3) is 6.05. The van der Waals surface area contributed by atoms with Crippen LogP contribution in [-0.2, 0) is 6.42 Å². The molecule has 0 aliphatic carbocycles. The van der Waals surface area contributed by atoms with E-state index in [2.05, 4.69) is 55.9 Å². The molecule has 0 saturated heterocycles. The summed E-state index contributed by atoms with van der Waals surface area (Å²) in [5, 5.41) is 3.51. The smallest absolute Gasteiger partial charge is 0.126 e. The van der Waals surface area contributed by atoms with E-state index in [0.717, 1.165) is 23.0 Å². The van der Waals surface area contributed by atoms with Crippen molar-refractivity contribution in [3.8, 4) is 0 Å². The first-order valence-electron chi connectivity index (χ1n) is 6.88. The van der Waals surface area contributed by atoms with Crippen LogP contribution < -0.4 is 5.32 Å². The van der Waals surface area contributed by atoms with Gasteiger partial charge in [0.25, 0.3) is 0 Å². The molecule has 0 radical (unpaired) electrons. The number of hydrogen-bond acceptors (Lipinski definition) is 1. The van der Waals surface area contributed by atoms with Crippen molar-refractivity contribution in [3.63, 3.8) is 0 Å². The number of halogens is 2. The van der Waals surface area contributed by atoms with E-state index in [1.165, 1.54) is 6.07 Å². The standard InChI is InChI=1S/C16H25BrFN/c1-11(12(2)10-19-16(3,4)5)8-13-9-14(17)6-7-15(13)18/h6-7,9,11-12,19H,8,10H2,1-5H3. The largest absolute Gasteiger partial charge is 0.312 e. The van der Waals surface area contributed by atoms with Crippen LogP contribution >= 0.6 is 15.9 Å². The summed E-state index contributed by atoms with van der Waals surface area (Å²) in [6.07, 6.45) is 0.776. The van der Waals surface area contributed by atoms with Gasteiger partial charge in [0.05, 0.1) is 0 Å². The van der Waals surface area contributed by atoms with Crippen molar-refractivity contribution >= 4 is 15.9 Å². The highest BCUT2D eigenvalue weighted by Crippen LogP contribution is 2.22. The Morgan fingerprint density at radius 2 is 1.84 bits per heavy atom. The molecule has 1 N–H and O–H groups in total. The predicted octanol–water partition coefficient (Wildman–Crippen LogP) is 4.79. The van der Waals surface area contributed by atoms with Gasteiger partial charge in [0.15, 0.2) is 0 Å². The van der Waals surface area contributed by atoms with E-state index in [9.17, 15) is 4.39 Å². The van der Waals surface area contributed by atoms with Crippen LogP contribution in [0.4, 0.5) is 4.39 Å². The fourth-order valence-electron chi connectivity index (χ4n) is 1.92. The molecule has 0 amide bonds. The summed E-state index contributed by atoms with van der Waals surface area (Å²) in [6, 6.07) is 5.16. The quantitative estimate of drug-likeness (QED) is 0.818. The molecule has 0 spiro atoms. The molecule has 0 saturated carbocycles. The monoisotopic (exact) mass is 329 g/mol. The Balaban J connectivity index is 2.58. The topological polar surface area (TPSA) is 12.0 Å². The fourth-order valence-corrected chi connectivity index (χ4v) is 2.32. The average Bonchev–Trinajstić information content (AvgIpc) is 2.29. The van der Waals surface area contributed by atoms with E-state index in [-0.39, 0.29) is 11.4 Å². The highest BCUT2D eigenvalue weighted by molar-refractivity contribution is 9.10. The van der Waals surface area contributed by atoms with Crippen molar-refractivity contribution in [3.05, 3.63) is 34.1 Å². The Morgan fingerprint density at radius 3 is 2.42 bits per heavy atom. The highest BCUT2D eigenvalue weighted by Gasteiger charge is 2.17. The van der Waals surface area contributed by atoms with Crippen molar-refractivity contribution in [2.45, 2.75) is 46.6 Å². The lowest BCUT2D eigenvalue weighted by Crippen LogP contribution is -2.40. The van der Waals surface area contributed by atoms with Crippen molar-refractivity contribution in [2.75, 3.05) is 6.54 Å². The summed E-state index contributed by atoms with van der Waals surface area (Å²) in [5.74, 6) is 0.849. The van der Waals surface area contributed by atoms with E-state index in [1.807, 2.05) is 6.07 Å². The number of hydrogen-bond donors (Lipinski definition) is 1. The van der Waals surface area contributed by atoms with Gasteiger partial charge in [-0.25, -0.2) is 4.39 Å². The molecule has 1 nitrogen and oxygen atoms in total. The van der Waals surface area contributed by atoms with Crippen LogP contribution in [0.5, 0.6) is 0 Å². The normalized spacial score (nSPS) is 15.3. The molecule has 19 heavy (non-hydrogen) atoms. The van der Waals surface area contributed by atoms with E-state index >= 15 is 0 Å². The minimum Gasteiger partial charge on any atom is -0.312 e. The zero-order valence-electron chi connectivity index (χ0n) is 12.6. The molecule has 0 fully saturated rings. The van der Waals surface area contributed by atoms with Gasteiger partial charge in [0.1, 0.15) is 5.82 Å². The lowest BCUT2D eigenvalue weighted by Gasteiger charge is -2.26. The van der Waals surface area contributed by atoms with Crippen LogP contribution in [-0.4, -0.2) is 12.1 Å². The molecule has 1 rings (SSSR count). The molecule has 1 aromatic carbocycles. The molecule has 108 valence electrons. The second kappa shape index (κ2) is 6.85. The lowest BCUT2D eigenvalue weighted by molar-refractivity contribution is 0.315. The van der Waals surface area contributed by atoms with Crippen molar-refractivity contribution < 1.29 is 4.39 Å². The summed E-state index contributed by atoms with van der Waals surface area (Å²) in [5.41, 5.74) is 0.930. The molecule has 2 unspecified atom stereocenters. The third-order valence-electron chi connectivity index (χ3n) is 3.48. The second-order valence-corrected chi connectivity index (χ2v) is 7.44. The van der Waals surface area contributed by atoms with Gasteiger partial charge in [-0.2, -0.15) is 0 Å². The average molecular weight is 330 g/mol. The first kappa shape index (κ1) is 16.6. The van der Waals surface area contributed by atoms with Crippen molar-refractivity contribution in [2.24, 2.45) is 11.8 Å². The number of nitrogens with one attached hydrogen (secondary N) is 1. The minimum absolute atomic E-state index is 0.106. The molecule has 0 bridgehead atoms. The molecular weight excluding hydrogens is 305 g/mol. The van der Waals surface area contributed by atoms with E-state index in [4.69, 9.17) is 0 Å². The van der Waals surface area contributed by atoms with Gasteiger partial charge >= 0.3 is 0 Å². The summed E-state index contributed by atoms with van der Waals surface area (Å²) in [6.45, 7) is 11.9. The van der Waals surface area contributed by atoms with Crippen LogP contribution in [0.15, 0.2) is 22.7 Å². The maximum atomic E-state index is 13.7. The Hall–Kier alpha value is -0.410. The molecule has 0 aliphatic heterocycles. The van der Waals surface area contributed by atoms with Crippen LogP contribution in [0.25, 0.3) is 0 Å². The molecular formula is C16H25BrFN. The molecule has 0 aliphatic rings. The van der Waals surface area contributed by atoms with Crippen LogP contribution in [0.2, 0.25) is 0 Å². The summed E-state index contributed by atoms with van der Waals surface area (Å²) < 4.78 is 14.7. The van der Waals surface area contributed by atoms with E-state index in [0.29, 0.717) is 11.8 Å². The molecule has 1 aromatic rings. The van der Waals surface area contributed by atoms with Gasteiger partial charge in [-0.1, -0.05) is 29.8 Å². The van der Waals surface area contributed by atoms with E-state index in [1.54, 1.807) is 6.07 Å². The van der Waals surface area contributed by atoms with Gasteiger partial charge < -0.3 is 5.32 Å². The van der Waals surface area contributed by atoms with Crippen molar-refractivity contribution in [1.29, 1.82) is 0 Å². The van der Waals surface area contributed by atoms with Gasteiger partial charge in [0.2, 0.25) is 0 Å². The Bertz CT molecular complexity index is 412. The second-order valence-electron chi connectivity index (χ2n) is 6.53. The maximum Gasteiger partial charge on any atom is 0.126 e. The maximum absolute atomic E-state index is 13.7. The molecule has 3 heteroatoms. The minimum atomic E-state index is -0.106. The molecule has 0 heterocycles. The summed E-state index contributed by atoms with van der Waals surface area (Å²) in [4.78, 5) is 0. The molecule has 2 atom stereocenters. The van der Waals surface area contributed by atoms with Gasteiger partial charge in [-0.15, -0.1) is 0 Å². The summed E-state index contributed by atoms with van der Waals surface area (Å²) in [7, 11) is 0. The SMILES string of the molecule is CC(CNC(C)(C)C)C(C)Cc1cc(Br)ccc1F. The zero-order chi connectivity index (χ0) is 14.6. The van der Waals surface area contributed by atoms with Gasteiger partial charge in [0, 0.05) is 10.0 Å². The van der Waals surface area contributed by atoms with Crippen LogP contribution in [0.3, 0.4) is 0 Å². The fraction of sp³-hybridized carbons (Fsp3) is 0.625. The van der Waals surface area contributed by atoms with Crippen LogP contribution in [0.1, 0.15) is 40.2 Å². The number of rotatable bonds is 5. The van der Waals surface area contributed by atoms with Gasteiger partial charge in [-0.3, -0.25) is 0 Å². The first-order valence-corrected chi connectivity index (χ1v) is 7.67. The summed E-state index contributed by atoms with van der Waals surface area (Å²) >= 11 is 3.40. The van der Waals surface area contributed by atoms with Gasteiger partial charge in [-0.05, 0) is 69.3 Å². The lowest BCUT2D eigenvalue weighted by atomic mass is 9.89. The Morgan fingerprint density at radius 1 is 1.21 bits per heavy atom. The Kier molecular flexibility index (Phi) is 6.00. The number of benzene rings is 1. The predicted molar refractivity (Wildman–Crippen MR) is 83.9 cm³/mol. The zero-order valence-corrected chi connectivity index (χ0v) is 14.1. The molecule has 0 aromatic heterocycles. The highest BCUT2D eigenvalue weighted by atomic mass is 79.9. The third-order valence-corrected chi connectivity index (χ3v) is 3.97. The van der Waals surface area contributed by atoms with Crippen molar-refractivity contribution in [1.82, 2.24) is 5.32 Å². The Labute approximate surface area is 125 Å². The van der Waals surface area contributed by atoms with Crippen LogP contribution in [0, 0.1) is 17.7 Å². The van der Waals surface area contributed by atoms with E-state index < -0.39 is 0 Å². The first-order chi connectivity index (χ1) is 8.69.